The fourth-order valence-electron chi connectivity index (χ4n) is 7.30. The summed E-state index contributed by atoms with van der Waals surface area (Å²) >= 11 is 0. The number of imide groups is 1. The zero-order valence-corrected chi connectivity index (χ0v) is 43.4. The van der Waals surface area contributed by atoms with Crippen molar-refractivity contribution in [2.75, 3.05) is 118 Å². The zero-order chi connectivity index (χ0) is 53.1. The van der Waals surface area contributed by atoms with Gasteiger partial charge < -0.3 is 40.2 Å². The van der Waals surface area contributed by atoms with E-state index < -0.39 is 83.2 Å². The first-order chi connectivity index (χ1) is 33.0. The molecule has 22 heteroatoms. The van der Waals surface area contributed by atoms with Gasteiger partial charge in [-0.05, 0) is 86.4 Å². The average molecular weight is 1000 g/mol. The largest absolute Gasteiger partial charge is 0.508 e. The molecule has 0 aliphatic carbocycles. The van der Waals surface area contributed by atoms with Crippen molar-refractivity contribution < 1.29 is 62.5 Å². The van der Waals surface area contributed by atoms with Gasteiger partial charge in [0.2, 0.25) is 23.6 Å². The third kappa shape index (κ3) is 24.6. The number of benzene rings is 1. The molecule has 3 rings (SSSR count). The summed E-state index contributed by atoms with van der Waals surface area (Å²) in [6.07, 6.45) is 2.14. The van der Waals surface area contributed by atoms with Crippen LogP contribution in [-0.2, 0) is 63.8 Å². The molecule has 4 N–H and O–H groups in total. The van der Waals surface area contributed by atoms with Crippen LogP contribution >= 0.6 is 0 Å². The van der Waals surface area contributed by atoms with Gasteiger partial charge in [0.25, 0.3) is 11.8 Å². The van der Waals surface area contributed by atoms with Crippen molar-refractivity contribution in [3.63, 3.8) is 0 Å². The van der Waals surface area contributed by atoms with Gasteiger partial charge in [-0.15, -0.1) is 0 Å². The lowest BCUT2D eigenvalue weighted by atomic mass is 10.1. The smallest absolute Gasteiger partial charge is 0.320 e. The van der Waals surface area contributed by atoms with Gasteiger partial charge in [0.1, 0.15) is 22.6 Å². The van der Waals surface area contributed by atoms with Crippen molar-refractivity contribution in [1.82, 2.24) is 45.3 Å². The molecule has 1 aromatic rings. The van der Waals surface area contributed by atoms with Crippen molar-refractivity contribution in [3.05, 3.63) is 41.5 Å². The second-order valence-corrected chi connectivity index (χ2v) is 20.6. The van der Waals surface area contributed by atoms with Gasteiger partial charge in [0, 0.05) is 90.7 Å². The number of esters is 3. The quantitative estimate of drug-likeness (QED) is 0.0736. The van der Waals surface area contributed by atoms with Crippen LogP contribution in [0.3, 0.4) is 0 Å². The highest BCUT2D eigenvalue weighted by Crippen LogP contribution is 2.18. The predicted octanol–water partition coefficient (Wildman–Crippen LogP) is -0.408. The third-order valence-electron chi connectivity index (χ3n) is 10.6. The molecule has 1 fully saturated rings. The Hall–Kier alpha value is -5.97. The van der Waals surface area contributed by atoms with Crippen LogP contribution in [0.4, 0.5) is 0 Å². The maximum absolute atomic E-state index is 13.7. The molecule has 71 heavy (non-hydrogen) atoms. The first-order valence-corrected chi connectivity index (χ1v) is 24.0. The van der Waals surface area contributed by atoms with Gasteiger partial charge in [-0.2, -0.15) is 0 Å². The Bertz CT molecular complexity index is 2010. The molecule has 0 radical (unpaired) electrons. The molecule has 0 aromatic heterocycles. The van der Waals surface area contributed by atoms with E-state index in [0.29, 0.717) is 63.5 Å². The Morgan fingerprint density at radius 1 is 0.592 bits per heavy atom. The number of hydrogen-bond acceptors (Lipinski definition) is 17. The van der Waals surface area contributed by atoms with E-state index in [-0.39, 0.29) is 64.5 Å². The summed E-state index contributed by atoms with van der Waals surface area (Å²) in [6.45, 7) is 19.2. The maximum atomic E-state index is 13.7. The average Bonchev–Trinajstić information content (AvgIpc) is 3.55. The van der Waals surface area contributed by atoms with Gasteiger partial charge in [-0.25, -0.2) is 0 Å². The Morgan fingerprint density at radius 2 is 1.01 bits per heavy atom. The Labute approximate surface area is 417 Å². The molecule has 0 bridgehead atoms. The highest BCUT2D eigenvalue weighted by Gasteiger charge is 2.27. The van der Waals surface area contributed by atoms with Gasteiger partial charge in [0.15, 0.2) is 0 Å². The number of nitrogens with zero attached hydrogens (tertiary/aromatic N) is 6. The third-order valence-corrected chi connectivity index (χ3v) is 10.6. The summed E-state index contributed by atoms with van der Waals surface area (Å²) in [5.41, 5.74) is -1.01. The van der Waals surface area contributed by atoms with E-state index in [0.717, 1.165) is 17.1 Å². The minimum Gasteiger partial charge on any atom is -0.508 e. The van der Waals surface area contributed by atoms with Crippen molar-refractivity contribution in [3.8, 4) is 5.75 Å². The van der Waals surface area contributed by atoms with E-state index in [9.17, 15) is 48.3 Å². The van der Waals surface area contributed by atoms with Gasteiger partial charge in [0.05, 0.1) is 45.7 Å². The minimum absolute atomic E-state index is 0.0153. The molecule has 1 saturated heterocycles. The monoisotopic (exact) mass is 1000 g/mol. The molecule has 2 heterocycles. The van der Waals surface area contributed by atoms with E-state index in [1.165, 1.54) is 11.0 Å². The van der Waals surface area contributed by atoms with Crippen LogP contribution in [0.25, 0.3) is 0 Å². The van der Waals surface area contributed by atoms with Gasteiger partial charge in [-0.1, -0.05) is 12.1 Å². The van der Waals surface area contributed by atoms with Crippen LogP contribution in [0.1, 0.15) is 73.4 Å². The lowest BCUT2D eigenvalue weighted by molar-refractivity contribution is -0.158. The molecular weight excluding hydrogens is 923 g/mol. The standard InChI is InChI=1S/C49H77N9O13/c1-35-27-36(11-12-37(35)59)28-43(65)57(31-40(62)52-29-38(60)50-16-18-58-41(63)13-14-42(58)64)17-15-51-39(61)30-53-19-21-54(32-44(66)69-47(2,3)4)23-25-56(34-46(68)71-49(8,9)10)26-24-55(22-20-53)33-45(67)70-48(5,6)7/h11-14,27,59H,15-26,28-34H2,1-10H3,(H,50,60)(H,51,61)(H,52,62). The van der Waals surface area contributed by atoms with E-state index in [1.807, 2.05) is 19.6 Å². The predicted molar refractivity (Wildman–Crippen MR) is 261 cm³/mol. The molecule has 2 aliphatic rings. The summed E-state index contributed by atoms with van der Waals surface area (Å²) in [5, 5.41) is 17.9. The second kappa shape index (κ2) is 27.6. The van der Waals surface area contributed by atoms with Crippen LogP contribution in [0.15, 0.2) is 30.4 Å². The fraction of sp³-hybridized carbons (Fsp3) is 0.653. The number of aryl methyl sites for hydroxylation is 1. The Balaban J connectivity index is 1.74. The molecule has 0 saturated carbocycles. The number of aromatic hydroxyl groups is 1. The normalized spacial score (nSPS) is 16.1. The molecule has 0 unspecified atom stereocenters. The molecule has 0 spiro atoms. The summed E-state index contributed by atoms with van der Waals surface area (Å²) in [6, 6.07) is 4.70. The second-order valence-electron chi connectivity index (χ2n) is 20.6. The topological polar surface area (TPSA) is 257 Å². The Kier molecular flexibility index (Phi) is 23.1. The molecule has 6 amide bonds. The highest BCUT2D eigenvalue weighted by molar-refractivity contribution is 6.12. The van der Waals surface area contributed by atoms with Crippen molar-refractivity contribution in [2.45, 2.75) is 92.5 Å². The summed E-state index contributed by atoms with van der Waals surface area (Å²) in [7, 11) is 0. The number of phenols is 1. The lowest BCUT2D eigenvalue weighted by Gasteiger charge is -2.34. The van der Waals surface area contributed by atoms with Crippen molar-refractivity contribution >= 4 is 53.4 Å². The maximum Gasteiger partial charge on any atom is 0.320 e. The van der Waals surface area contributed by atoms with Crippen LogP contribution in [0.2, 0.25) is 0 Å². The SMILES string of the molecule is Cc1cc(CC(=O)N(CCNC(=O)CN2CCN(CC(=O)OC(C)(C)C)CCN(CC(=O)OC(C)(C)C)CCN(CC(=O)OC(C)(C)C)CC2)CC(=O)NCC(=O)NCCN2C(=O)C=CC2=O)ccc1O. The molecular formula is C49H77N9O13. The fourth-order valence-corrected chi connectivity index (χ4v) is 7.30. The molecule has 2 aliphatic heterocycles. The zero-order valence-electron chi connectivity index (χ0n) is 43.4. The van der Waals surface area contributed by atoms with Crippen LogP contribution in [0, 0.1) is 6.92 Å². The first-order valence-electron chi connectivity index (χ1n) is 24.0. The Morgan fingerprint density at radius 3 is 1.44 bits per heavy atom. The molecule has 1 aromatic carbocycles. The minimum atomic E-state index is -0.723. The van der Waals surface area contributed by atoms with E-state index >= 15 is 0 Å². The van der Waals surface area contributed by atoms with E-state index in [2.05, 4.69) is 16.0 Å². The van der Waals surface area contributed by atoms with Crippen molar-refractivity contribution in [2.24, 2.45) is 0 Å². The lowest BCUT2D eigenvalue weighted by Crippen LogP contribution is -2.51. The highest BCUT2D eigenvalue weighted by atomic mass is 16.6. The number of ether oxygens (including phenoxy) is 3. The van der Waals surface area contributed by atoms with E-state index in [1.54, 1.807) is 81.4 Å². The summed E-state index contributed by atoms with van der Waals surface area (Å²) in [4.78, 5) is 126. The number of rotatable bonds is 20. The number of phenolic OH excluding ortho intramolecular Hbond substituents is 1. The summed E-state index contributed by atoms with van der Waals surface area (Å²) in [5.74, 6) is -4.30. The van der Waals surface area contributed by atoms with Crippen molar-refractivity contribution in [1.29, 1.82) is 0 Å². The van der Waals surface area contributed by atoms with Gasteiger partial charge in [-0.3, -0.25) is 67.7 Å². The number of carbonyl (C=O) groups is 9. The number of hydrogen-bond donors (Lipinski definition) is 4. The summed E-state index contributed by atoms with van der Waals surface area (Å²) < 4.78 is 16.9. The van der Waals surface area contributed by atoms with E-state index in [4.69, 9.17) is 14.2 Å². The number of nitrogens with one attached hydrogen (secondary N) is 3. The van der Waals surface area contributed by atoms with Gasteiger partial charge >= 0.3 is 17.9 Å². The first kappa shape index (κ1) is 59.3. The van der Waals surface area contributed by atoms with Crippen LogP contribution in [0.5, 0.6) is 5.75 Å². The molecule has 396 valence electrons. The molecule has 0 atom stereocenters. The van der Waals surface area contributed by atoms with Crippen LogP contribution < -0.4 is 16.0 Å². The molecule has 22 nitrogen and oxygen atoms in total. The number of amides is 6. The van der Waals surface area contributed by atoms with Crippen LogP contribution in [-0.4, -0.2) is 222 Å². The number of carbonyl (C=O) groups excluding carboxylic acids is 9.